The minimum Gasteiger partial charge on any atom is -0.484 e. The van der Waals surface area contributed by atoms with E-state index >= 15 is 0 Å². The summed E-state index contributed by atoms with van der Waals surface area (Å²) in [6.07, 6.45) is 0. The van der Waals surface area contributed by atoms with Gasteiger partial charge < -0.3 is 9.47 Å². The zero-order chi connectivity index (χ0) is 21.8. The Morgan fingerprint density at radius 1 is 0.600 bits per heavy atom. The second-order valence-electron chi connectivity index (χ2n) is 9.21. The topological polar surface area (TPSA) is 33.7 Å². The van der Waals surface area contributed by atoms with Crippen LogP contribution in [0.25, 0.3) is 0 Å². The molecule has 0 unspecified atom stereocenters. The Kier molecular flexibility index (Phi) is 6.25. The predicted molar refractivity (Wildman–Crippen MR) is 126 cm³/mol. The lowest BCUT2D eigenvalue weighted by Gasteiger charge is -2.30. The molecule has 0 atom stereocenters. The monoisotopic (exact) mass is 404 g/mol. The first kappa shape index (κ1) is 21.6. The number of benzene rings is 3. The van der Waals surface area contributed by atoms with Crippen LogP contribution in [0.1, 0.15) is 41.5 Å². The van der Waals surface area contributed by atoms with Gasteiger partial charge in [0.25, 0.3) is 0 Å². The zero-order valence-electron chi connectivity index (χ0n) is 18.8. The molecule has 30 heavy (non-hydrogen) atoms. The summed E-state index contributed by atoms with van der Waals surface area (Å²) in [4.78, 5) is 0. The van der Waals surface area contributed by atoms with Crippen LogP contribution in [0, 0.1) is 0 Å². The quantitative estimate of drug-likeness (QED) is 0.440. The van der Waals surface area contributed by atoms with Gasteiger partial charge in [-0.05, 0) is 77.9 Å². The van der Waals surface area contributed by atoms with E-state index in [-0.39, 0.29) is 11.2 Å². The largest absolute Gasteiger partial charge is 0.484 e. The van der Waals surface area contributed by atoms with Crippen LogP contribution in [0.5, 0.6) is 11.5 Å². The molecular weight excluding hydrogens is 372 g/mol. The average molecular weight is 405 g/mol. The number of ether oxygens (including phenoxy) is 2. The Bertz CT molecular complexity index is 942. The highest BCUT2D eigenvalue weighted by Gasteiger charge is 2.21. The van der Waals surface area contributed by atoms with E-state index in [4.69, 9.17) is 9.47 Å². The summed E-state index contributed by atoms with van der Waals surface area (Å²) in [5, 5.41) is 2.05. The summed E-state index contributed by atoms with van der Waals surface area (Å²) in [5.74, 6) is 1.44. The van der Waals surface area contributed by atoms with Gasteiger partial charge in [-0.1, -0.05) is 36.4 Å². The molecule has 1 N–H and O–H groups in total. The van der Waals surface area contributed by atoms with Crippen LogP contribution in [-0.4, -0.2) is 11.2 Å². The molecule has 4 heteroatoms. The smallest absolute Gasteiger partial charge is 0.164 e. The number of rotatable bonds is 6. The SMILES string of the molecule is CC(C)(C)Oc1ccc(N(Nc2ccccc2)c2ccccc2)cc1OC(C)(C)C. The molecule has 0 amide bonds. The highest BCUT2D eigenvalue weighted by Crippen LogP contribution is 2.38. The third-order valence-electron chi connectivity index (χ3n) is 4.05. The number of para-hydroxylation sites is 2. The summed E-state index contributed by atoms with van der Waals surface area (Å²) in [5.41, 5.74) is 5.80. The van der Waals surface area contributed by atoms with Crippen LogP contribution in [0.15, 0.2) is 78.9 Å². The van der Waals surface area contributed by atoms with Crippen molar-refractivity contribution in [1.82, 2.24) is 0 Å². The van der Waals surface area contributed by atoms with E-state index in [0.717, 1.165) is 22.8 Å². The summed E-state index contributed by atoms with van der Waals surface area (Å²) >= 11 is 0. The van der Waals surface area contributed by atoms with E-state index in [1.54, 1.807) is 0 Å². The van der Waals surface area contributed by atoms with Gasteiger partial charge >= 0.3 is 0 Å². The van der Waals surface area contributed by atoms with Gasteiger partial charge in [-0.3, -0.25) is 10.4 Å². The summed E-state index contributed by atoms with van der Waals surface area (Å²) in [7, 11) is 0. The molecule has 0 aliphatic rings. The Balaban J connectivity index is 2.05. The minimum absolute atomic E-state index is 0.321. The maximum Gasteiger partial charge on any atom is 0.164 e. The van der Waals surface area contributed by atoms with Crippen molar-refractivity contribution in [2.24, 2.45) is 0 Å². The fraction of sp³-hybridized carbons (Fsp3) is 0.308. The molecule has 0 bridgehead atoms. The lowest BCUT2D eigenvalue weighted by atomic mass is 10.1. The zero-order valence-corrected chi connectivity index (χ0v) is 18.8. The van der Waals surface area contributed by atoms with Crippen LogP contribution in [0.3, 0.4) is 0 Å². The molecule has 0 fully saturated rings. The number of nitrogens with zero attached hydrogens (tertiary/aromatic N) is 1. The molecule has 3 aromatic carbocycles. The van der Waals surface area contributed by atoms with E-state index < -0.39 is 0 Å². The van der Waals surface area contributed by atoms with Gasteiger partial charge in [0.2, 0.25) is 0 Å². The van der Waals surface area contributed by atoms with Crippen molar-refractivity contribution in [3.8, 4) is 11.5 Å². The van der Waals surface area contributed by atoms with Gasteiger partial charge in [0.15, 0.2) is 11.5 Å². The first-order chi connectivity index (χ1) is 14.1. The normalized spacial score (nSPS) is 11.7. The van der Waals surface area contributed by atoms with Crippen molar-refractivity contribution in [2.75, 3.05) is 10.4 Å². The Hall–Kier alpha value is -3.14. The highest BCUT2D eigenvalue weighted by molar-refractivity contribution is 5.70. The Morgan fingerprint density at radius 3 is 1.70 bits per heavy atom. The van der Waals surface area contributed by atoms with Gasteiger partial charge in [0.1, 0.15) is 11.2 Å². The lowest BCUT2D eigenvalue weighted by Crippen LogP contribution is -2.27. The summed E-state index contributed by atoms with van der Waals surface area (Å²) in [6, 6.07) is 26.4. The fourth-order valence-corrected chi connectivity index (χ4v) is 2.96. The van der Waals surface area contributed by atoms with Gasteiger partial charge in [-0.2, -0.15) is 0 Å². The molecule has 0 radical (unpaired) electrons. The van der Waals surface area contributed by atoms with E-state index in [9.17, 15) is 0 Å². The Morgan fingerprint density at radius 2 is 1.13 bits per heavy atom. The molecule has 0 aliphatic heterocycles. The molecular formula is C26H32N2O2. The van der Waals surface area contributed by atoms with Gasteiger partial charge in [0.05, 0.1) is 17.1 Å². The van der Waals surface area contributed by atoms with Crippen LogP contribution in [0.4, 0.5) is 17.1 Å². The summed E-state index contributed by atoms with van der Waals surface area (Å²) < 4.78 is 12.4. The van der Waals surface area contributed by atoms with E-state index in [1.807, 2.05) is 113 Å². The first-order valence-electron chi connectivity index (χ1n) is 10.3. The molecule has 0 spiro atoms. The van der Waals surface area contributed by atoms with E-state index in [2.05, 4.69) is 17.6 Å². The van der Waals surface area contributed by atoms with Crippen molar-refractivity contribution in [1.29, 1.82) is 0 Å². The Labute approximate surface area is 180 Å². The van der Waals surface area contributed by atoms with Crippen LogP contribution in [0.2, 0.25) is 0 Å². The van der Waals surface area contributed by atoms with Crippen LogP contribution in [-0.2, 0) is 0 Å². The molecule has 0 aliphatic carbocycles. The maximum absolute atomic E-state index is 6.28. The highest BCUT2D eigenvalue weighted by atomic mass is 16.5. The number of hydrogen-bond donors (Lipinski definition) is 1. The van der Waals surface area contributed by atoms with Gasteiger partial charge in [0, 0.05) is 6.07 Å². The number of nitrogens with one attached hydrogen (secondary N) is 1. The number of hydrazine groups is 1. The van der Waals surface area contributed by atoms with Crippen LogP contribution >= 0.6 is 0 Å². The van der Waals surface area contributed by atoms with E-state index in [0.29, 0.717) is 5.75 Å². The lowest BCUT2D eigenvalue weighted by molar-refractivity contribution is 0.0958. The molecule has 0 aromatic heterocycles. The fourth-order valence-electron chi connectivity index (χ4n) is 2.96. The standard InChI is InChI=1S/C26H32N2O2/c1-25(2,3)29-23-18-17-22(19-24(23)30-26(4,5)6)28(21-15-11-8-12-16-21)27-20-13-9-7-10-14-20/h7-19,27H,1-6H3. The van der Waals surface area contributed by atoms with Gasteiger partial charge in [-0.25, -0.2) is 0 Å². The minimum atomic E-state index is -0.348. The summed E-state index contributed by atoms with van der Waals surface area (Å²) in [6.45, 7) is 12.2. The third-order valence-corrected chi connectivity index (χ3v) is 4.05. The van der Waals surface area contributed by atoms with Gasteiger partial charge in [-0.15, -0.1) is 0 Å². The maximum atomic E-state index is 6.28. The molecule has 3 rings (SSSR count). The second-order valence-corrected chi connectivity index (χ2v) is 9.21. The second kappa shape index (κ2) is 8.70. The van der Waals surface area contributed by atoms with Crippen molar-refractivity contribution in [3.63, 3.8) is 0 Å². The first-order valence-corrected chi connectivity index (χ1v) is 10.3. The third kappa shape index (κ3) is 6.18. The molecule has 0 heterocycles. The van der Waals surface area contributed by atoms with Crippen LogP contribution < -0.4 is 19.9 Å². The molecule has 4 nitrogen and oxygen atoms in total. The molecule has 0 saturated carbocycles. The van der Waals surface area contributed by atoms with Crippen molar-refractivity contribution >= 4 is 17.1 Å². The number of anilines is 3. The predicted octanol–water partition coefficient (Wildman–Crippen LogP) is 7.21. The molecule has 0 saturated heterocycles. The molecule has 3 aromatic rings. The number of hydrogen-bond acceptors (Lipinski definition) is 4. The van der Waals surface area contributed by atoms with Crippen molar-refractivity contribution in [3.05, 3.63) is 78.9 Å². The van der Waals surface area contributed by atoms with Crippen molar-refractivity contribution < 1.29 is 9.47 Å². The van der Waals surface area contributed by atoms with E-state index in [1.165, 1.54) is 0 Å². The molecule has 158 valence electrons. The average Bonchev–Trinajstić information content (AvgIpc) is 2.67. The van der Waals surface area contributed by atoms with Crippen molar-refractivity contribution in [2.45, 2.75) is 52.7 Å².